The molecular weight excluding hydrogens is 439 g/mol. The number of hydrogen-bond acceptors (Lipinski definition) is 3. The molecule has 0 aliphatic rings. The van der Waals surface area contributed by atoms with Crippen molar-refractivity contribution in [2.24, 2.45) is 0 Å². The molecule has 0 atom stereocenters. The third-order valence-electron chi connectivity index (χ3n) is 6.44. The zero-order valence-electron chi connectivity index (χ0n) is 21.3. The van der Waals surface area contributed by atoms with Crippen LogP contribution < -0.4 is 0 Å². The predicted octanol–water partition coefficient (Wildman–Crippen LogP) is 8.88. The average molecular weight is 497 g/mol. The van der Waals surface area contributed by atoms with E-state index in [2.05, 4.69) is 13.8 Å². The van der Waals surface area contributed by atoms with E-state index in [1.807, 2.05) is 0 Å². The second-order valence-electron chi connectivity index (χ2n) is 9.86. The number of rotatable bonds is 24. The summed E-state index contributed by atoms with van der Waals surface area (Å²) in [5.41, 5.74) is 0. The molecule has 0 aromatic heterocycles. The van der Waals surface area contributed by atoms with E-state index in [4.69, 9.17) is 0 Å². The van der Waals surface area contributed by atoms with E-state index in [0.29, 0.717) is 0 Å². The first-order valence-corrected chi connectivity index (χ1v) is 16.1. The molecule has 0 aliphatic carbocycles. The van der Waals surface area contributed by atoms with Gasteiger partial charge in [-0.1, -0.05) is 13.8 Å². The molecule has 0 fully saturated rings. The van der Waals surface area contributed by atoms with Crippen molar-refractivity contribution in [1.82, 2.24) is 0 Å². The standard InChI is InChI=1S/C26H57O3P.Ti/c1-3-5-7-9-11-13-15-17-19-21-23-25-30(27,28,29)26-24-22-20-18-16-14-12-10-8-6-4-2;/h27-29H,3-26H2,1-2H3;. The fourth-order valence-corrected chi connectivity index (χ4v) is 6.28. The summed E-state index contributed by atoms with van der Waals surface area (Å²) in [5.74, 6) is 0. The monoisotopic (exact) mass is 496 g/mol. The van der Waals surface area contributed by atoms with Gasteiger partial charge in [0.15, 0.2) is 0 Å². The van der Waals surface area contributed by atoms with Crippen LogP contribution in [0.2, 0.25) is 0 Å². The Balaban J connectivity index is 0. The first-order valence-electron chi connectivity index (χ1n) is 13.6. The number of hydrogen-bond donors (Lipinski definition) is 3. The Kier molecular flexibility index (Phi) is 25.1. The van der Waals surface area contributed by atoms with Crippen LogP contribution in [0.5, 0.6) is 0 Å². The molecule has 0 radical (unpaired) electrons. The van der Waals surface area contributed by atoms with Gasteiger partial charge in [0.05, 0.1) is 0 Å². The van der Waals surface area contributed by atoms with E-state index >= 15 is 0 Å². The molecule has 0 aromatic rings. The Morgan fingerprint density at radius 1 is 0.355 bits per heavy atom. The van der Waals surface area contributed by atoms with Crippen molar-refractivity contribution in [3.63, 3.8) is 0 Å². The Labute approximate surface area is 210 Å². The molecule has 0 aliphatic heterocycles. The SMILES string of the molecule is CCCCCCCCCCCCCP(O)(O)(O)CCCCCCCCCCCCC.[Ti]. The molecule has 3 N–H and O–H groups in total. The van der Waals surface area contributed by atoms with Crippen molar-refractivity contribution in [1.29, 1.82) is 0 Å². The summed E-state index contributed by atoms with van der Waals surface area (Å²) in [7, 11) is -4.36. The molecule has 0 saturated carbocycles. The van der Waals surface area contributed by atoms with E-state index in [1.54, 1.807) is 0 Å². The Morgan fingerprint density at radius 2 is 0.548 bits per heavy atom. The number of unbranched alkanes of at least 4 members (excludes halogenated alkanes) is 20. The van der Waals surface area contributed by atoms with Crippen molar-refractivity contribution in [2.75, 3.05) is 12.3 Å². The maximum atomic E-state index is 10.3. The molecule has 0 heterocycles. The molecule has 0 bridgehead atoms. The topological polar surface area (TPSA) is 60.7 Å². The molecule has 0 saturated heterocycles. The van der Waals surface area contributed by atoms with Crippen LogP contribution in [0.15, 0.2) is 0 Å². The molecule has 0 spiro atoms. The van der Waals surface area contributed by atoms with Crippen molar-refractivity contribution in [3.05, 3.63) is 0 Å². The normalized spacial score (nSPS) is 13.0. The van der Waals surface area contributed by atoms with Crippen molar-refractivity contribution in [2.45, 2.75) is 155 Å². The van der Waals surface area contributed by atoms with Gasteiger partial charge in [-0.3, -0.25) is 0 Å². The van der Waals surface area contributed by atoms with Gasteiger partial charge in [0.1, 0.15) is 0 Å². The summed E-state index contributed by atoms with van der Waals surface area (Å²) in [4.78, 5) is 30.9. The van der Waals surface area contributed by atoms with Gasteiger partial charge in [0, 0.05) is 21.7 Å². The molecule has 31 heavy (non-hydrogen) atoms. The Hall–Kier alpha value is 1.02. The fraction of sp³-hybridized carbons (Fsp3) is 1.00. The van der Waals surface area contributed by atoms with Crippen molar-refractivity contribution in [3.8, 4) is 0 Å². The molecule has 188 valence electrons. The van der Waals surface area contributed by atoms with Crippen LogP contribution in [0.25, 0.3) is 0 Å². The summed E-state index contributed by atoms with van der Waals surface area (Å²) >= 11 is 0. The first-order chi connectivity index (χ1) is 14.4. The van der Waals surface area contributed by atoms with E-state index in [9.17, 15) is 14.7 Å². The second kappa shape index (κ2) is 22.8. The zero-order chi connectivity index (χ0) is 22.4. The smallest absolute Gasteiger partial charge is 0.0654 e. The van der Waals surface area contributed by atoms with E-state index in [0.717, 1.165) is 38.5 Å². The minimum absolute atomic E-state index is 0. The molecule has 0 amide bonds. The molecule has 0 aromatic carbocycles. The zero-order valence-corrected chi connectivity index (χ0v) is 23.7. The fourth-order valence-electron chi connectivity index (χ4n) is 4.31. The second-order valence-corrected chi connectivity index (χ2v) is 13.4. The molecule has 0 rings (SSSR count). The van der Waals surface area contributed by atoms with Gasteiger partial charge >= 0.3 is 176 Å². The summed E-state index contributed by atoms with van der Waals surface area (Å²) in [6.45, 7) is 4.51. The third kappa shape index (κ3) is 27.2. The molecule has 3 nitrogen and oxygen atoms in total. The van der Waals surface area contributed by atoms with Crippen LogP contribution in [0.3, 0.4) is 0 Å². The van der Waals surface area contributed by atoms with E-state index in [1.165, 1.54) is 103 Å². The van der Waals surface area contributed by atoms with Crippen molar-refractivity contribution < 1.29 is 36.4 Å². The third-order valence-corrected chi connectivity index (χ3v) is 8.90. The quantitative estimate of drug-likeness (QED) is 0.0710. The molecular formula is C26H57O3PTi. The average Bonchev–Trinajstić information content (AvgIpc) is 2.70. The molecule has 0 unspecified atom stereocenters. The van der Waals surface area contributed by atoms with Crippen LogP contribution in [-0.2, 0) is 21.7 Å². The van der Waals surface area contributed by atoms with Crippen LogP contribution >= 0.6 is 7.28 Å². The predicted molar refractivity (Wildman–Crippen MR) is 136 cm³/mol. The van der Waals surface area contributed by atoms with Gasteiger partial charge in [-0.25, -0.2) is 0 Å². The minimum atomic E-state index is -4.36. The van der Waals surface area contributed by atoms with Crippen LogP contribution in [-0.4, -0.2) is 27.0 Å². The van der Waals surface area contributed by atoms with Gasteiger partial charge in [-0.15, -0.1) is 0 Å². The summed E-state index contributed by atoms with van der Waals surface area (Å²) in [6.07, 6.45) is 27.6. The van der Waals surface area contributed by atoms with Crippen LogP contribution in [0.4, 0.5) is 0 Å². The van der Waals surface area contributed by atoms with E-state index < -0.39 is 7.28 Å². The van der Waals surface area contributed by atoms with Gasteiger partial charge in [0.2, 0.25) is 0 Å². The Morgan fingerprint density at radius 3 is 0.774 bits per heavy atom. The van der Waals surface area contributed by atoms with Gasteiger partial charge < -0.3 is 0 Å². The van der Waals surface area contributed by atoms with Gasteiger partial charge in [0.25, 0.3) is 0 Å². The van der Waals surface area contributed by atoms with E-state index in [-0.39, 0.29) is 34.0 Å². The summed E-state index contributed by atoms with van der Waals surface area (Å²) < 4.78 is 0. The Bertz CT molecular complexity index is 328. The maximum absolute atomic E-state index is 10.3. The van der Waals surface area contributed by atoms with Gasteiger partial charge in [-0.2, -0.15) is 0 Å². The van der Waals surface area contributed by atoms with Gasteiger partial charge in [-0.05, 0) is 0 Å². The van der Waals surface area contributed by atoms with Crippen molar-refractivity contribution >= 4 is 7.28 Å². The molecule has 5 heteroatoms. The summed E-state index contributed by atoms with van der Waals surface area (Å²) in [6, 6.07) is 0. The van der Waals surface area contributed by atoms with Crippen LogP contribution in [0.1, 0.15) is 155 Å². The van der Waals surface area contributed by atoms with Crippen LogP contribution in [0, 0.1) is 0 Å². The minimum Gasteiger partial charge on any atom is -0.0654 e. The summed E-state index contributed by atoms with van der Waals surface area (Å²) in [5, 5.41) is 0. The first kappa shape index (κ1) is 34.2.